The number of aromatic nitrogens is 2. The van der Waals surface area contributed by atoms with Gasteiger partial charge in [0.1, 0.15) is 5.69 Å². The van der Waals surface area contributed by atoms with E-state index in [9.17, 15) is 18.0 Å². The Morgan fingerprint density at radius 2 is 2.08 bits per heavy atom. The molecule has 0 radical (unpaired) electrons. The summed E-state index contributed by atoms with van der Waals surface area (Å²) in [6, 6.07) is 0.823. The fourth-order valence-electron chi connectivity index (χ4n) is 2.35. The first-order valence-electron chi connectivity index (χ1n) is 7.71. The quantitative estimate of drug-likeness (QED) is 0.860. The molecule has 2 aromatic rings. The maximum atomic E-state index is 13.0. The second-order valence-corrected chi connectivity index (χ2v) is 6.37. The molecule has 4 nitrogen and oxygen atoms in total. The molecule has 0 aromatic carbocycles. The van der Waals surface area contributed by atoms with E-state index in [1.807, 2.05) is 13.8 Å². The first-order chi connectivity index (χ1) is 11.1. The van der Waals surface area contributed by atoms with Crippen LogP contribution in [0.1, 0.15) is 48.9 Å². The standard InChI is InChI=1S/C16H19ClF3N3O/c1-4-12-13(15(24)21-6-5-9(2)3)23-8-10(16(18,19)20)7-11(17)14(23)22-12/h7-9H,4-6H2,1-3H3,(H,21,24). The SMILES string of the molecule is CCc1nc2c(Cl)cc(C(F)(F)F)cn2c1C(=O)NCCC(C)C. The summed E-state index contributed by atoms with van der Waals surface area (Å²) in [5.41, 5.74) is -0.255. The molecule has 0 bridgehead atoms. The van der Waals surface area contributed by atoms with Crippen molar-refractivity contribution in [3.8, 4) is 0 Å². The van der Waals surface area contributed by atoms with Crippen molar-refractivity contribution in [3.63, 3.8) is 0 Å². The lowest BCUT2D eigenvalue weighted by molar-refractivity contribution is -0.137. The molecule has 0 spiro atoms. The van der Waals surface area contributed by atoms with Gasteiger partial charge >= 0.3 is 6.18 Å². The summed E-state index contributed by atoms with van der Waals surface area (Å²) in [6.07, 6.45) is -2.50. The van der Waals surface area contributed by atoms with Gasteiger partial charge in [0.15, 0.2) is 5.65 Å². The number of nitrogens with one attached hydrogen (secondary N) is 1. The zero-order chi connectivity index (χ0) is 18.1. The first-order valence-corrected chi connectivity index (χ1v) is 8.08. The highest BCUT2D eigenvalue weighted by atomic mass is 35.5. The van der Waals surface area contributed by atoms with E-state index in [4.69, 9.17) is 11.6 Å². The molecule has 0 aliphatic rings. The molecule has 0 aliphatic carbocycles. The number of carbonyl (C=O) groups is 1. The predicted molar refractivity (Wildman–Crippen MR) is 86.4 cm³/mol. The molecule has 24 heavy (non-hydrogen) atoms. The van der Waals surface area contributed by atoms with Crippen LogP contribution in [0.5, 0.6) is 0 Å². The van der Waals surface area contributed by atoms with Gasteiger partial charge in [0.25, 0.3) is 5.91 Å². The number of alkyl halides is 3. The minimum atomic E-state index is -4.56. The second-order valence-electron chi connectivity index (χ2n) is 5.97. The normalized spacial score (nSPS) is 12.2. The van der Waals surface area contributed by atoms with E-state index >= 15 is 0 Å². The predicted octanol–water partition coefficient (Wildman–Crippen LogP) is 4.34. The van der Waals surface area contributed by atoms with Crippen molar-refractivity contribution < 1.29 is 18.0 Å². The molecule has 132 valence electrons. The summed E-state index contributed by atoms with van der Waals surface area (Å²) in [5.74, 6) is -0.0419. The van der Waals surface area contributed by atoms with Crippen LogP contribution in [0.25, 0.3) is 5.65 Å². The average Bonchev–Trinajstić information content (AvgIpc) is 2.85. The lowest BCUT2D eigenvalue weighted by atomic mass is 10.1. The van der Waals surface area contributed by atoms with Crippen molar-refractivity contribution in [2.24, 2.45) is 5.92 Å². The van der Waals surface area contributed by atoms with E-state index < -0.39 is 17.6 Å². The molecule has 2 heterocycles. The van der Waals surface area contributed by atoms with Gasteiger partial charge in [0, 0.05) is 12.7 Å². The van der Waals surface area contributed by atoms with E-state index in [2.05, 4.69) is 10.3 Å². The van der Waals surface area contributed by atoms with Crippen LogP contribution in [0.3, 0.4) is 0 Å². The van der Waals surface area contributed by atoms with E-state index in [1.165, 1.54) is 0 Å². The molecule has 1 N–H and O–H groups in total. The van der Waals surface area contributed by atoms with Gasteiger partial charge in [-0.25, -0.2) is 4.98 Å². The molecule has 0 unspecified atom stereocenters. The van der Waals surface area contributed by atoms with E-state index in [0.29, 0.717) is 24.6 Å². The smallest absolute Gasteiger partial charge is 0.351 e. The van der Waals surface area contributed by atoms with E-state index in [-0.39, 0.29) is 16.4 Å². The third kappa shape index (κ3) is 3.83. The molecule has 0 fully saturated rings. The van der Waals surface area contributed by atoms with Gasteiger partial charge in [0.2, 0.25) is 0 Å². The Bertz CT molecular complexity index is 753. The van der Waals surface area contributed by atoms with Crippen LogP contribution in [-0.4, -0.2) is 21.8 Å². The Balaban J connectivity index is 2.50. The van der Waals surface area contributed by atoms with Gasteiger partial charge < -0.3 is 5.32 Å². The van der Waals surface area contributed by atoms with Crippen molar-refractivity contribution in [1.29, 1.82) is 0 Å². The summed E-state index contributed by atoms with van der Waals surface area (Å²) in [7, 11) is 0. The zero-order valence-corrected chi connectivity index (χ0v) is 14.4. The Morgan fingerprint density at radius 1 is 1.42 bits per heavy atom. The number of aryl methyl sites for hydroxylation is 1. The van der Waals surface area contributed by atoms with Crippen LogP contribution in [0.15, 0.2) is 12.3 Å². The molecule has 2 aromatic heterocycles. The molecular formula is C16H19ClF3N3O. The van der Waals surface area contributed by atoms with Crippen LogP contribution >= 0.6 is 11.6 Å². The molecule has 0 atom stereocenters. The maximum Gasteiger partial charge on any atom is 0.417 e. The van der Waals surface area contributed by atoms with Gasteiger partial charge in [0.05, 0.1) is 16.3 Å². The number of imidazole rings is 1. The van der Waals surface area contributed by atoms with Crippen molar-refractivity contribution in [1.82, 2.24) is 14.7 Å². The Kier molecular flexibility index (Phi) is 5.42. The Hall–Kier alpha value is -1.76. The van der Waals surface area contributed by atoms with Crippen LogP contribution in [-0.2, 0) is 12.6 Å². The van der Waals surface area contributed by atoms with E-state index in [0.717, 1.165) is 23.1 Å². The lowest BCUT2D eigenvalue weighted by Crippen LogP contribution is -2.27. The molecule has 0 aliphatic heterocycles. The minimum absolute atomic E-state index is 0.101. The van der Waals surface area contributed by atoms with Crippen molar-refractivity contribution in [2.45, 2.75) is 39.8 Å². The largest absolute Gasteiger partial charge is 0.417 e. The third-order valence-electron chi connectivity index (χ3n) is 3.63. The number of nitrogens with zero attached hydrogens (tertiary/aromatic N) is 2. The molecule has 0 saturated heterocycles. The van der Waals surface area contributed by atoms with Gasteiger partial charge in [-0.05, 0) is 24.8 Å². The zero-order valence-electron chi connectivity index (χ0n) is 13.7. The summed E-state index contributed by atoms with van der Waals surface area (Å²) in [4.78, 5) is 16.7. The number of fused-ring (bicyclic) bond motifs is 1. The fourth-order valence-corrected chi connectivity index (χ4v) is 2.60. The van der Waals surface area contributed by atoms with Gasteiger partial charge in [-0.15, -0.1) is 0 Å². The lowest BCUT2D eigenvalue weighted by Gasteiger charge is -2.11. The van der Waals surface area contributed by atoms with Crippen molar-refractivity contribution in [2.75, 3.05) is 6.54 Å². The van der Waals surface area contributed by atoms with E-state index in [1.54, 1.807) is 6.92 Å². The van der Waals surface area contributed by atoms with Crippen LogP contribution in [0.4, 0.5) is 13.2 Å². The average molecular weight is 362 g/mol. The Labute approximate surface area is 143 Å². The number of hydrogen-bond donors (Lipinski definition) is 1. The van der Waals surface area contributed by atoms with Crippen LogP contribution < -0.4 is 5.32 Å². The number of amides is 1. The number of pyridine rings is 1. The Morgan fingerprint density at radius 3 is 2.62 bits per heavy atom. The van der Waals surface area contributed by atoms with Crippen molar-refractivity contribution >= 4 is 23.2 Å². The molecular weight excluding hydrogens is 343 g/mol. The number of rotatable bonds is 5. The monoisotopic (exact) mass is 361 g/mol. The van der Waals surface area contributed by atoms with Crippen LogP contribution in [0, 0.1) is 5.92 Å². The molecule has 0 saturated carbocycles. The topological polar surface area (TPSA) is 46.4 Å². The molecule has 8 heteroatoms. The van der Waals surface area contributed by atoms with Gasteiger partial charge in [-0.2, -0.15) is 13.2 Å². The molecule has 1 amide bonds. The van der Waals surface area contributed by atoms with Crippen LogP contribution in [0.2, 0.25) is 5.02 Å². The summed E-state index contributed by atoms with van der Waals surface area (Å²) >= 11 is 5.95. The second kappa shape index (κ2) is 7.01. The number of carbonyl (C=O) groups excluding carboxylic acids is 1. The van der Waals surface area contributed by atoms with Gasteiger partial charge in [-0.1, -0.05) is 32.4 Å². The minimum Gasteiger partial charge on any atom is -0.351 e. The van der Waals surface area contributed by atoms with Gasteiger partial charge in [-0.3, -0.25) is 9.20 Å². The number of hydrogen-bond acceptors (Lipinski definition) is 2. The first kappa shape index (κ1) is 18.6. The third-order valence-corrected chi connectivity index (χ3v) is 3.91. The highest BCUT2D eigenvalue weighted by molar-refractivity contribution is 6.33. The summed E-state index contributed by atoms with van der Waals surface area (Å²) in [6.45, 7) is 6.27. The number of halogens is 4. The molecule has 2 rings (SSSR count). The fraction of sp³-hybridized carbons (Fsp3) is 0.500. The summed E-state index contributed by atoms with van der Waals surface area (Å²) in [5, 5.41) is 2.60. The highest BCUT2D eigenvalue weighted by Gasteiger charge is 2.33. The van der Waals surface area contributed by atoms with Crippen molar-refractivity contribution in [3.05, 3.63) is 34.2 Å². The highest BCUT2D eigenvalue weighted by Crippen LogP contribution is 2.33. The maximum absolute atomic E-state index is 13.0. The summed E-state index contributed by atoms with van der Waals surface area (Å²) < 4.78 is 40.2.